The Morgan fingerprint density at radius 2 is 1.18 bits per heavy atom. The fourth-order valence-electron chi connectivity index (χ4n) is 0.497. The summed E-state index contributed by atoms with van der Waals surface area (Å²) in [6.07, 6.45) is 0. The van der Waals surface area contributed by atoms with Crippen molar-refractivity contribution in [3.8, 4) is 0 Å². The number of nitrogens with zero attached hydrogens (tertiary/aromatic N) is 2. The standard InChI is InChI=1S/C7H18NO.C5H14N.2BrH/c1-5-8(2,3)6-7-9-4;1-5-6(2,3)4;;/h5-7H2,1-4H3;5H2,1-4H3;2*1H/q2*+1;;/p-2. The van der Waals surface area contributed by atoms with E-state index in [4.69, 9.17) is 4.74 Å². The molecule has 0 heterocycles. The van der Waals surface area contributed by atoms with E-state index in [0.717, 1.165) is 22.1 Å². The number of ether oxygens (including phenoxy) is 1. The van der Waals surface area contributed by atoms with E-state index in [0.29, 0.717) is 0 Å². The van der Waals surface area contributed by atoms with E-state index >= 15 is 0 Å². The Bertz CT molecular complexity index is 148. The van der Waals surface area contributed by atoms with Crippen molar-refractivity contribution >= 4 is 0 Å². The average molecular weight is 380 g/mol. The van der Waals surface area contributed by atoms with E-state index in [2.05, 4.69) is 49.1 Å². The molecule has 0 radical (unpaired) electrons. The van der Waals surface area contributed by atoms with Crippen LogP contribution in [0.5, 0.6) is 0 Å². The van der Waals surface area contributed by atoms with Crippen molar-refractivity contribution < 1.29 is 47.7 Å². The molecular weight excluding hydrogens is 348 g/mol. The van der Waals surface area contributed by atoms with Gasteiger partial charge in [-0.25, -0.2) is 0 Å². The minimum atomic E-state index is 0. The molecule has 0 aromatic carbocycles. The zero-order chi connectivity index (χ0) is 12.5. The smallest absolute Gasteiger partial charge is 0.102 e. The lowest BCUT2D eigenvalue weighted by atomic mass is 10.4. The molecule has 0 aromatic rings. The first kappa shape index (κ1) is 26.4. The normalized spacial score (nSPS) is 10.6. The summed E-state index contributed by atoms with van der Waals surface area (Å²) in [6.45, 7) is 8.72. The molecular formula is C12H32Br2N2O. The third-order valence-electron chi connectivity index (χ3n) is 2.71. The van der Waals surface area contributed by atoms with Gasteiger partial charge in [-0.2, -0.15) is 0 Å². The van der Waals surface area contributed by atoms with Crippen molar-refractivity contribution in [2.24, 2.45) is 0 Å². The molecule has 0 bridgehead atoms. The Kier molecular flexibility index (Phi) is 20.6. The largest absolute Gasteiger partial charge is 1.00 e. The minimum absolute atomic E-state index is 0. The highest BCUT2D eigenvalue weighted by Gasteiger charge is 2.09. The summed E-state index contributed by atoms with van der Waals surface area (Å²) in [5.74, 6) is 0. The maximum atomic E-state index is 4.96. The molecule has 0 unspecified atom stereocenters. The molecule has 0 saturated heterocycles. The van der Waals surface area contributed by atoms with Gasteiger partial charge >= 0.3 is 0 Å². The van der Waals surface area contributed by atoms with E-state index in [9.17, 15) is 0 Å². The Balaban J connectivity index is -0.0000000945. The summed E-state index contributed by atoms with van der Waals surface area (Å²) in [5, 5.41) is 0. The lowest BCUT2D eigenvalue weighted by Gasteiger charge is -2.27. The molecule has 5 heteroatoms. The molecule has 3 nitrogen and oxygen atoms in total. The number of rotatable bonds is 5. The van der Waals surface area contributed by atoms with Gasteiger partial charge in [0.15, 0.2) is 0 Å². The Labute approximate surface area is 130 Å². The number of halogens is 2. The first-order valence-corrected chi connectivity index (χ1v) is 5.80. The van der Waals surface area contributed by atoms with Crippen LogP contribution < -0.4 is 34.0 Å². The van der Waals surface area contributed by atoms with Gasteiger partial charge in [0.2, 0.25) is 0 Å². The lowest BCUT2D eigenvalue weighted by molar-refractivity contribution is -0.888. The lowest BCUT2D eigenvalue weighted by Crippen LogP contribution is -3.00. The zero-order valence-corrected chi connectivity index (χ0v) is 16.1. The summed E-state index contributed by atoms with van der Waals surface area (Å²) in [4.78, 5) is 0. The Morgan fingerprint density at radius 1 is 0.824 bits per heavy atom. The number of methoxy groups -OCH3 is 1. The van der Waals surface area contributed by atoms with E-state index in [1.165, 1.54) is 13.1 Å². The van der Waals surface area contributed by atoms with Crippen LogP contribution in [0.2, 0.25) is 0 Å². The average Bonchev–Trinajstić information content (AvgIpc) is 2.15. The molecule has 0 amide bonds. The van der Waals surface area contributed by atoms with Gasteiger partial charge in [0.25, 0.3) is 0 Å². The number of likely N-dealkylation sites (N-methyl/N-ethyl adjacent to an activating group) is 1. The summed E-state index contributed by atoms with van der Waals surface area (Å²) >= 11 is 0. The Morgan fingerprint density at radius 3 is 1.35 bits per heavy atom. The molecule has 0 aliphatic carbocycles. The quantitative estimate of drug-likeness (QED) is 0.437. The highest BCUT2D eigenvalue weighted by molar-refractivity contribution is 4.27. The van der Waals surface area contributed by atoms with Crippen molar-refractivity contribution in [3.05, 3.63) is 0 Å². The van der Waals surface area contributed by atoms with Gasteiger partial charge in [0.1, 0.15) is 6.54 Å². The molecule has 0 atom stereocenters. The minimum Gasteiger partial charge on any atom is -1.00 e. The predicted molar refractivity (Wildman–Crippen MR) is 68.0 cm³/mol. The van der Waals surface area contributed by atoms with Crippen molar-refractivity contribution in [1.82, 2.24) is 0 Å². The molecule has 0 saturated carbocycles. The van der Waals surface area contributed by atoms with Crippen molar-refractivity contribution in [1.29, 1.82) is 0 Å². The summed E-state index contributed by atoms with van der Waals surface area (Å²) in [6, 6.07) is 0. The van der Waals surface area contributed by atoms with E-state index in [1.807, 2.05) is 0 Å². The van der Waals surface area contributed by atoms with Crippen LogP contribution in [0.15, 0.2) is 0 Å². The van der Waals surface area contributed by atoms with Gasteiger partial charge in [0, 0.05) is 7.11 Å². The topological polar surface area (TPSA) is 9.23 Å². The van der Waals surface area contributed by atoms with Crippen LogP contribution in [-0.4, -0.2) is 77.6 Å². The van der Waals surface area contributed by atoms with Gasteiger partial charge < -0.3 is 47.7 Å². The van der Waals surface area contributed by atoms with Gasteiger partial charge in [0.05, 0.1) is 54.9 Å². The summed E-state index contributed by atoms with van der Waals surface area (Å²) in [5.41, 5.74) is 0. The van der Waals surface area contributed by atoms with Gasteiger partial charge in [-0.15, -0.1) is 0 Å². The predicted octanol–water partition coefficient (Wildman–Crippen LogP) is -4.55. The third-order valence-corrected chi connectivity index (χ3v) is 2.71. The third kappa shape index (κ3) is 26.5. The monoisotopic (exact) mass is 378 g/mol. The Hall–Kier alpha value is 0.840. The van der Waals surface area contributed by atoms with Crippen LogP contribution >= 0.6 is 0 Å². The van der Waals surface area contributed by atoms with Crippen LogP contribution in [0, 0.1) is 0 Å². The molecule has 0 aromatic heterocycles. The van der Waals surface area contributed by atoms with Crippen molar-refractivity contribution in [2.75, 3.05) is 68.6 Å². The van der Waals surface area contributed by atoms with Crippen LogP contribution in [0.1, 0.15) is 13.8 Å². The fourth-order valence-corrected chi connectivity index (χ4v) is 0.497. The van der Waals surface area contributed by atoms with Crippen molar-refractivity contribution in [3.63, 3.8) is 0 Å². The molecule has 0 rings (SSSR count). The molecule has 110 valence electrons. The summed E-state index contributed by atoms with van der Waals surface area (Å²) in [7, 11) is 12.7. The molecule has 17 heavy (non-hydrogen) atoms. The molecule has 0 aliphatic rings. The first-order chi connectivity index (χ1) is 6.68. The second-order valence-corrected chi connectivity index (χ2v) is 5.57. The summed E-state index contributed by atoms with van der Waals surface area (Å²) < 4.78 is 7.08. The maximum absolute atomic E-state index is 4.96. The number of hydrogen-bond donors (Lipinski definition) is 0. The van der Waals surface area contributed by atoms with Crippen LogP contribution in [-0.2, 0) is 4.74 Å². The second kappa shape index (κ2) is 13.3. The first-order valence-electron chi connectivity index (χ1n) is 5.80. The molecule has 0 fully saturated rings. The highest BCUT2D eigenvalue weighted by Crippen LogP contribution is 1.93. The van der Waals surface area contributed by atoms with Gasteiger partial charge in [-0.1, -0.05) is 0 Å². The molecule has 0 spiro atoms. The van der Waals surface area contributed by atoms with Gasteiger partial charge in [-0.3, -0.25) is 0 Å². The van der Waals surface area contributed by atoms with Crippen molar-refractivity contribution in [2.45, 2.75) is 13.8 Å². The van der Waals surface area contributed by atoms with Crippen LogP contribution in [0.3, 0.4) is 0 Å². The number of quaternary nitrogens is 2. The van der Waals surface area contributed by atoms with Crippen LogP contribution in [0.4, 0.5) is 0 Å². The fraction of sp³-hybridized carbons (Fsp3) is 1.00. The van der Waals surface area contributed by atoms with Crippen LogP contribution in [0.25, 0.3) is 0 Å². The second-order valence-electron chi connectivity index (χ2n) is 5.57. The molecule has 0 aliphatic heterocycles. The zero-order valence-electron chi connectivity index (χ0n) is 12.9. The van der Waals surface area contributed by atoms with E-state index < -0.39 is 0 Å². The maximum Gasteiger partial charge on any atom is 0.102 e. The van der Waals surface area contributed by atoms with Gasteiger partial charge in [-0.05, 0) is 13.8 Å². The SMILES string of the molecule is CC[N+](C)(C)C.CC[N+](C)(C)CCOC.[Br-].[Br-]. The van der Waals surface area contributed by atoms with E-state index in [1.54, 1.807) is 7.11 Å². The number of hydrogen-bond acceptors (Lipinski definition) is 1. The van der Waals surface area contributed by atoms with E-state index in [-0.39, 0.29) is 34.0 Å². The highest BCUT2D eigenvalue weighted by atomic mass is 79.9. The molecule has 0 N–H and O–H groups in total.